The van der Waals surface area contributed by atoms with Crippen molar-refractivity contribution in [1.29, 1.82) is 0 Å². The Hall–Kier alpha value is -4.01. The summed E-state index contributed by atoms with van der Waals surface area (Å²) in [6.07, 6.45) is -1.79. The van der Waals surface area contributed by atoms with Crippen molar-refractivity contribution in [2.45, 2.75) is 41.7 Å². The first-order chi connectivity index (χ1) is 20.1. The van der Waals surface area contributed by atoms with E-state index in [1.807, 2.05) is 0 Å². The van der Waals surface area contributed by atoms with Gasteiger partial charge >= 0.3 is 5.97 Å². The fourth-order valence-electron chi connectivity index (χ4n) is 6.80. The molecule has 1 aliphatic heterocycles. The van der Waals surface area contributed by atoms with Crippen LogP contribution in [0.5, 0.6) is 0 Å². The molecule has 0 aromatic heterocycles. The predicted molar refractivity (Wildman–Crippen MR) is 154 cm³/mol. The highest BCUT2D eigenvalue weighted by atomic mass is 35.5. The number of rotatable bonds is 8. The van der Waals surface area contributed by atoms with Crippen molar-refractivity contribution in [3.05, 3.63) is 107 Å². The molecule has 3 aromatic carbocycles. The zero-order valence-electron chi connectivity index (χ0n) is 22.5. The van der Waals surface area contributed by atoms with Crippen molar-refractivity contribution in [1.82, 2.24) is 4.90 Å². The van der Waals surface area contributed by atoms with Gasteiger partial charge in [-0.15, -0.1) is 23.2 Å². The van der Waals surface area contributed by atoms with E-state index in [9.17, 15) is 24.0 Å². The van der Waals surface area contributed by atoms with Gasteiger partial charge in [0.2, 0.25) is 23.5 Å². The molecule has 3 aromatic rings. The Balaban J connectivity index is 1.42. The molecular weight excluding hydrogens is 579 g/mol. The number of amides is 3. The lowest BCUT2D eigenvalue weighted by molar-refractivity contribution is -0.162. The summed E-state index contributed by atoms with van der Waals surface area (Å²) in [6, 6.07) is 20.8. The van der Waals surface area contributed by atoms with E-state index in [1.54, 1.807) is 85.8 Å². The number of likely N-dealkylation sites (tertiary alicyclic amines) is 1. The molecule has 10 heteroatoms. The van der Waals surface area contributed by atoms with Crippen LogP contribution in [-0.2, 0) is 33.7 Å². The van der Waals surface area contributed by atoms with Gasteiger partial charge in [0.1, 0.15) is 15.8 Å². The van der Waals surface area contributed by atoms with E-state index < -0.39 is 69.6 Å². The molecular formula is C32H26Cl2N2O6. The minimum Gasteiger partial charge on any atom is -0.452 e. The quantitative estimate of drug-likeness (QED) is 0.179. The van der Waals surface area contributed by atoms with Crippen LogP contribution < -0.4 is 5.73 Å². The van der Waals surface area contributed by atoms with Crippen molar-refractivity contribution < 1.29 is 28.7 Å². The number of nitrogens with zero attached hydrogens (tertiary/aromatic N) is 1. The molecule has 2 bridgehead atoms. The van der Waals surface area contributed by atoms with E-state index in [2.05, 4.69) is 0 Å². The number of ketones is 1. The molecule has 7 rings (SSSR count). The Morgan fingerprint density at radius 2 is 1.24 bits per heavy atom. The number of carbonyl (C=O) groups excluding carboxylic acids is 5. The topological polar surface area (TPSA) is 124 Å². The number of carbonyl (C=O) groups is 5. The van der Waals surface area contributed by atoms with Gasteiger partial charge in [0.15, 0.2) is 6.10 Å². The number of benzene rings is 3. The zero-order valence-corrected chi connectivity index (χ0v) is 24.0. The van der Waals surface area contributed by atoms with Crippen LogP contribution in [0, 0.1) is 11.8 Å². The second-order valence-corrected chi connectivity index (χ2v) is 12.0. The molecule has 2 N–H and O–H groups in total. The third kappa shape index (κ3) is 3.78. The fraction of sp³-hybridized carbons (Fsp3) is 0.281. The predicted octanol–water partition coefficient (Wildman–Crippen LogP) is 4.03. The van der Waals surface area contributed by atoms with Crippen LogP contribution >= 0.6 is 23.2 Å². The summed E-state index contributed by atoms with van der Waals surface area (Å²) in [5.74, 6) is -6.37. The molecule has 0 radical (unpaired) electrons. The SMILES string of the molecule is CC[C@H](OC(=O)[C@@H](CC(N)=O)N1C(=O)[C@@H]2[C@H](C1=O)C1(Cl)c3ccccc3C2(Cl)c2ccccc21)C(=O)c1ccccc1. The molecule has 3 amide bonds. The number of nitrogens with two attached hydrogens (primary N) is 1. The van der Waals surface area contributed by atoms with Crippen LogP contribution in [0.2, 0.25) is 0 Å². The standard InChI is InChI=1S/C32H26Cl2N2O6/c1-2-23(27(38)17-10-4-3-5-11-17)42-30(41)22(16-24(35)37)36-28(39)25-26(29(36)40)32(34)19-13-7-6-12-18(19)31(25,33)20-14-8-9-15-21(20)32/h3-15,22-23,25-26H,2,16H2,1H3,(H2,35,37)/t22-,23+,25-,26+,31?,32?/m1/s1. The summed E-state index contributed by atoms with van der Waals surface area (Å²) in [4.78, 5) is 65.3. The van der Waals surface area contributed by atoms with Crippen molar-refractivity contribution >= 4 is 52.7 Å². The van der Waals surface area contributed by atoms with E-state index in [-0.39, 0.29) is 6.42 Å². The Labute approximate surface area is 251 Å². The molecule has 214 valence electrons. The number of alkyl halides is 2. The van der Waals surface area contributed by atoms with Crippen LogP contribution in [0.1, 0.15) is 52.4 Å². The highest BCUT2D eigenvalue weighted by Crippen LogP contribution is 2.69. The number of Topliss-reactive ketones (excluding diaryl/α,β-unsaturated/α-hetero) is 1. The number of hydrogen-bond donors (Lipinski definition) is 1. The third-order valence-electron chi connectivity index (χ3n) is 8.58. The molecule has 1 fully saturated rings. The number of halogens is 2. The van der Waals surface area contributed by atoms with Gasteiger partial charge in [0, 0.05) is 5.56 Å². The van der Waals surface area contributed by atoms with Gasteiger partial charge in [-0.3, -0.25) is 24.1 Å². The first-order valence-corrected chi connectivity index (χ1v) is 14.3. The summed E-state index contributed by atoms with van der Waals surface area (Å²) < 4.78 is 5.58. The molecule has 0 unspecified atom stereocenters. The zero-order chi connectivity index (χ0) is 30.0. The van der Waals surface area contributed by atoms with Crippen LogP contribution in [0.4, 0.5) is 0 Å². The molecule has 42 heavy (non-hydrogen) atoms. The molecule has 3 aliphatic carbocycles. The van der Waals surface area contributed by atoms with Crippen LogP contribution in [0.3, 0.4) is 0 Å². The smallest absolute Gasteiger partial charge is 0.330 e. The maximum absolute atomic E-state index is 14.3. The van der Waals surface area contributed by atoms with Gasteiger partial charge in [0.05, 0.1) is 18.3 Å². The minimum atomic E-state index is -1.71. The lowest BCUT2D eigenvalue weighted by Crippen LogP contribution is -2.57. The summed E-state index contributed by atoms with van der Waals surface area (Å²) in [5.41, 5.74) is 8.20. The van der Waals surface area contributed by atoms with E-state index >= 15 is 0 Å². The number of hydrogen-bond acceptors (Lipinski definition) is 6. The Kier molecular flexibility index (Phi) is 6.74. The van der Waals surface area contributed by atoms with Gasteiger partial charge < -0.3 is 10.5 Å². The van der Waals surface area contributed by atoms with Crippen molar-refractivity contribution in [3.63, 3.8) is 0 Å². The second kappa shape index (κ2) is 10.1. The van der Waals surface area contributed by atoms with Crippen LogP contribution in [0.25, 0.3) is 0 Å². The lowest BCUT2D eigenvalue weighted by Gasteiger charge is -2.54. The molecule has 4 aliphatic rings. The van der Waals surface area contributed by atoms with Crippen LogP contribution in [0.15, 0.2) is 78.9 Å². The number of imide groups is 1. The largest absolute Gasteiger partial charge is 0.452 e. The maximum atomic E-state index is 14.3. The van der Waals surface area contributed by atoms with E-state index in [1.165, 1.54) is 0 Å². The molecule has 0 saturated carbocycles. The maximum Gasteiger partial charge on any atom is 0.330 e. The average Bonchev–Trinajstić information content (AvgIpc) is 3.27. The average molecular weight is 605 g/mol. The molecule has 1 heterocycles. The van der Waals surface area contributed by atoms with Gasteiger partial charge in [-0.1, -0.05) is 85.8 Å². The number of ether oxygens (including phenoxy) is 1. The summed E-state index contributed by atoms with van der Waals surface area (Å²) in [7, 11) is 0. The van der Waals surface area contributed by atoms with Gasteiger partial charge in [-0.05, 0) is 28.7 Å². The Morgan fingerprint density at radius 1 is 0.810 bits per heavy atom. The van der Waals surface area contributed by atoms with E-state index in [0.29, 0.717) is 27.8 Å². The third-order valence-corrected chi connectivity index (χ3v) is 9.86. The van der Waals surface area contributed by atoms with Crippen molar-refractivity contribution in [2.75, 3.05) is 0 Å². The second-order valence-electron chi connectivity index (χ2n) is 10.8. The van der Waals surface area contributed by atoms with Gasteiger partial charge in [0.25, 0.3) is 0 Å². The molecule has 1 saturated heterocycles. The summed E-state index contributed by atoms with van der Waals surface area (Å²) >= 11 is 14.9. The summed E-state index contributed by atoms with van der Waals surface area (Å²) in [5, 5.41) is 0. The van der Waals surface area contributed by atoms with Crippen molar-refractivity contribution in [2.24, 2.45) is 17.6 Å². The van der Waals surface area contributed by atoms with E-state index in [0.717, 1.165) is 4.90 Å². The van der Waals surface area contributed by atoms with Gasteiger partial charge in [-0.2, -0.15) is 0 Å². The van der Waals surface area contributed by atoms with Gasteiger partial charge in [-0.25, -0.2) is 4.79 Å². The highest BCUT2D eigenvalue weighted by molar-refractivity contribution is 6.36. The highest BCUT2D eigenvalue weighted by Gasteiger charge is 2.74. The van der Waals surface area contributed by atoms with Crippen LogP contribution in [-0.4, -0.2) is 46.5 Å². The first kappa shape index (κ1) is 28.1. The Bertz CT molecular complexity index is 1540. The molecule has 4 atom stereocenters. The Morgan fingerprint density at radius 3 is 1.64 bits per heavy atom. The molecule has 0 spiro atoms. The first-order valence-electron chi connectivity index (χ1n) is 13.6. The minimum absolute atomic E-state index is 0.121. The van der Waals surface area contributed by atoms with E-state index in [4.69, 9.17) is 33.7 Å². The normalized spacial score (nSPS) is 26.6. The number of esters is 1. The van der Waals surface area contributed by atoms with Crippen molar-refractivity contribution in [3.8, 4) is 0 Å². The summed E-state index contributed by atoms with van der Waals surface area (Å²) in [6.45, 7) is 1.66. The molecule has 8 nitrogen and oxygen atoms in total. The number of primary amides is 1. The fourth-order valence-corrected chi connectivity index (χ4v) is 7.89. The monoisotopic (exact) mass is 604 g/mol. The lowest BCUT2D eigenvalue weighted by atomic mass is 9.54.